The summed E-state index contributed by atoms with van der Waals surface area (Å²) >= 11 is 4.86. The third-order valence-electron chi connectivity index (χ3n) is 2.36. The molecule has 0 atom stereocenters. The highest BCUT2D eigenvalue weighted by atomic mass is 79.9. The van der Waals surface area contributed by atoms with Crippen LogP contribution in [0.25, 0.3) is 0 Å². The predicted molar refractivity (Wildman–Crippen MR) is 61.3 cm³/mol. The van der Waals surface area contributed by atoms with E-state index in [0.29, 0.717) is 0 Å². The van der Waals surface area contributed by atoms with Gasteiger partial charge in [-0.2, -0.15) is 0 Å². The smallest absolute Gasteiger partial charge is 0.228 e. The van der Waals surface area contributed by atoms with Gasteiger partial charge in [0.2, 0.25) is 5.91 Å². The molecule has 1 aromatic rings. The summed E-state index contributed by atoms with van der Waals surface area (Å²) in [4.78, 5) is 11.6. The summed E-state index contributed by atoms with van der Waals surface area (Å²) in [6, 6.07) is 2.13. The number of hydrogen-bond donors (Lipinski definition) is 2. The molecule has 1 fully saturated rings. The van der Waals surface area contributed by atoms with Crippen LogP contribution in [0.2, 0.25) is 0 Å². The maximum atomic E-state index is 11.6. The zero-order chi connectivity index (χ0) is 10.1. The monoisotopic (exact) mass is 274 g/mol. The summed E-state index contributed by atoms with van der Waals surface area (Å²) in [5.41, 5.74) is 5.62. The van der Waals surface area contributed by atoms with Crippen LogP contribution >= 0.6 is 27.3 Å². The van der Waals surface area contributed by atoms with E-state index < -0.39 is 0 Å². The Morgan fingerprint density at radius 1 is 1.64 bits per heavy atom. The highest BCUT2D eigenvalue weighted by Crippen LogP contribution is 2.29. The molecule has 0 radical (unpaired) electrons. The summed E-state index contributed by atoms with van der Waals surface area (Å²) < 4.78 is 1.00. The van der Waals surface area contributed by atoms with Gasteiger partial charge < -0.3 is 11.1 Å². The van der Waals surface area contributed by atoms with Crippen LogP contribution in [0.3, 0.4) is 0 Å². The fourth-order valence-electron chi connectivity index (χ4n) is 1.48. The highest BCUT2D eigenvalue weighted by molar-refractivity contribution is 9.10. The number of anilines is 1. The van der Waals surface area contributed by atoms with Crippen molar-refractivity contribution in [1.82, 2.24) is 0 Å². The van der Waals surface area contributed by atoms with E-state index in [1.54, 1.807) is 0 Å². The van der Waals surface area contributed by atoms with E-state index >= 15 is 0 Å². The number of hydrogen-bond acceptors (Lipinski definition) is 3. The first kappa shape index (κ1) is 10.1. The number of carbonyl (C=O) groups is 1. The van der Waals surface area contributed by atoms with E-state index in [9.17, 15) is 4.79 Å². The number of halogens is 1. The SMILES string of the molecule is NC1CC(C(=O)Nc2cc(Br)cs2)C1. The Morgan fingerprint density at radius 2 is 2.36 bits per heavy atom. The van der Waals surface area contributed by atoms with Crippen LogP contribution in [0.5, 0.6) is 0 Å². The van der Waals surface area contributed by atoms with Gasteiger partial charge in [0.25, 0.3) is 0 Å². The van der Waals surface area contributed by atoms with Crippen molar-refractivity contribution in [3.05, 3.63) is 15.9 Å². The maximum Gasteiger partial charge on any atom is 0.228 e. The quantitative estimate of drug-likeness (QED) is 0.869. The summed E-state index contributed by atoms with van der Waals surface area (Å²) in [5.74, 6) is 0.215. The van der Waals surface area contributed by atoms with Crippen molar-refractivity contribution < 1.29 is 4.79 Å². The van der Waals surface area contributed by atoms with Gasteiger partial charge in [-0.1, -0.05) is 0 Å². The molecule has 1 aliphatic rings. The fraction of sp³-hybridized carbons (Fsp3) is 0.444. The molecule has 1 aliphatic carbocycles. The number of carbonyl (C=O) groups excluding carboxylic acids is 1. The molecule has 0 bridgehead atoms. The fourth-order valence-corrected chi connectivity index (χ4v) is 2.80. The molecule has 1 amide bonds. The number of rotatable bonds is 2. The lowest BCUT2D eigenvalue weighted by atomic mass is 9.80. The van der Waals surface area contributed by atoms with Crippen molar-refractivity contribution >= 4 is 38.2 Å². The van der Waals surface area contributed by atoms with Crippen LogP contribution in [0.15, 0.2) is 15.9 Å². The second kappa shape index (κ2) is 4.00. The molecule has 0 saturated heterocycles. The first-order valence-corrected chi connectivity index (χ1v) is 6.13. The molecular weight excluding hydrogens is 264 g/mol. The van der Waals surface area contributed by atoms with Crippen molar-refractivity contribution in [3.63, 3.8) is 0 Å². The van der Waals surface area contributed by atoms with E-state index in [1.165, 1.54) is 11.3 Å². The molecule has 5 heteroatoms. The molecule has 14 heavy (non-hydrogen) atoms. The molecule has 0 unspecified atom stereocenters. The van der Waals surface area contributed by atoms with E-state index in [-0.39, 0.29) is 17.9 Å². The number of nitrogens with one attached hydrogen (secondary N) is 1. The van der Waals surface area contributed by atoms with Gasteiger partial charge in [0.05, 0.1) is 5.00 Å². The Labute approximate surface area is 94.8 Å². The van der Waals surface area contributed by atoms with E-state index in [1.807, 2.05) is 11.4 Å². The Bertz CT molecular complexity index is 346. The largest absolute Gasteiger partial charge is 0.328 e. The van der Waals surface area contributed by atoms with E-state index in [2.05, 4.69) is 21.2 Å². The van der Waals surface area contributed by atoms with Gasteiger partial charge in [0.15, 0.2) is 0 Å². The third kappa shape index (κ3) is 2.16. The van der Waals surface area contributed by atoms with Gasteiger partial charge in [-0.25, -0.2) is 0 Å². The van der Waals surface area contributed by atoms with Crippen molar-refractivity contribution in [2.45, 2.75) is 18.9 Å². The first-order valence-electron chi connectivity index (χ1n) is 4.45. The van der Waals surface area contributed by atoms with Crippen LogP contribution in [0.1, 0.15) is 12.8 Å². The van der Waals surface area contributed by atoms with Crippen LogP contribution in [-0.4, -0.2) is 11.9 Å². The minimum atomic E-state index is 0.0982. The lowest BCUT2D eigenvalue weighted by Gasteiger charge is -2.30. The minimum absolute atomic E-state index is 0.0982. The minimum Gasteiger partial charge on any atom is -0.328 e. The summed E-state index contributed by atoms with van der Waals surface area (Å²) in [5, 5.41) is 5.72. The second-order valence-electron chi connectivity index (χ2n) is 3.55. The molecule has 76 valence electrons. The summed E-state index contributed by atoms with van der Waals surface area (Å²) in [6.45, 7) is 0. The van der Waals surface area contributed by atoms with Gasteiger partial charge in [0.1, 0.15) is 0 Å². The third-order valence-corrected chi connectivity index (χ3v) is 3.97. The average molecular weight is 275 g/mol. The van der Waals surface area contributed by atoms with Crippen LogP contribution < -0.4 is 11.1 Å². The lowest BCUT2D eigenvalue weighted by molar-refractivity contribution is -0.122. The number of amides is 1. The standard InChI is InChI=1S/C9H11BrN2OS/c10-6-3-8(14-4-6)12-9(13)5-1-7(11)2-5/h3-5,7H,1-2,11H2,(H,12,13). The first-order chi connectivity index (χ1) is 6.65. The van der Waals surface area contributed by atoms with Crippen molar-refractivity contribution in [3.8, 4) is 0 Å². The molecule has 3 nitrogen and oxygen atoms in total. The maximum absolute atomic E-state index is 11.6. The van der Waals surface area contributed by atoms with Crippen molar-refractivity contribution in [2.24, 2.45) is 11.7 Å². The average Bonchev–Trinajstić information content (AvgIpc) is 2.45. The van der Waals surface area contributed by atoms with E-state index in [4.69, 9.17) is 5.73 Å². The summed E-state index contributed by atoms with van der Waals surface area (Å²) in [6.07, 6.45) is 1.64. The van der Waals surface area contributed by atoms with Crippen molar-refractivity contribution in [2.75, 3.05) is 5.32 Å². The van der Waals surface area contributed by atoms with Crippen LogP contribution in [-0.2, 0) is 4.79 Å². The molecule has 2 rings (SSSR count). The molecular formula is C9H11BrN2OS. The van der Waals surface area contributed by atoms with Crippen LogP contribution in [0.4, 0.5) is 5.00 Å². The molecule has 0 spiro atoms. The predicted octanol–water partition coefficient (Wildman–Crippen LogP) is 2.19. The van der Waals surface area contributed by atoms with Gasteiger partial charge in [-0.05, 0) is 34.8 Å². The molecule has 0 aromatic carbocycles. The number of thiophene rings is 1. The summed E-state index contributed by atoms with van der Waals surface area (Å²) in [7, 11) is 0. The number of nitrogens with two attached hydrogens (primary N) is 1. The molecule has 0 aliphatic heterocycles. The van der Waals surface area contributed by atoms with Crippen LogP contribution in [0, 0.1) is 5.92 Å². The normalized spacial score (nSPS) is 25.6. The second-order valence-corrected chi connectivity index (χ2v) is 5.37. The highest BCUT2D eigenvalue weighted by Gasteiger charge is 2.31. The molecule has 1 aromatic heterocycles. The van der Waals surface area contributed by atoms with Gasteiger partial charge in [-0.3, -0.25) is 4.79 Å². The zero-order valence-electron chi connectivity index (χ0n) is 7.50. The van der Waals surface area contributed by atoms with Crippen molar-refractivity contribution in [1.29, 1.82) is 0 Å². The Morgan fingerprint density at radius 3 is 2.86 bits per heavy atom. The molecule has 1 heterocycles. The Kier molecular flexibility index (Phi) is 2.90. The van der Waals surface area contributed by atoms with E-state index in [0.717, 1.165) is 22.3 Å². The Hall–Kier alpha value is -0.390. The molecule has 3 N–H and O–H groups in total. The Balaban J connectivity index is 1.89. The zero-order valence-corrected chi connectivity index (χ0v) is 9.90. The van der Waals surface area contributed by atoms with Gasteiger partial charge in [0, 0.05) is 21.8 Å². The van der Waals surface area contributed by atoms with Gasteiger partial charge >= 0.3 is 0 Å². The lowest BCUT2D eigenvalue weighted by Crippen LogP contribution is -2.42. The van der Waals surface area contributed by atoms with Gasteiger partial charge in [-0.15, -0.1) is 11.3 Å². The molecule has 1 saturated carbocycles. The topological polar surface area (TPSA) is 55.1 Å².